The molecule has 4 aromatic rings. The number of halogens is 1. The Morgan fingerprint density at radius 2 is 1.93 bits per heavy atom. The Kier molecular flexibility index (Phi) is 5.15. The molecule has 0 unspecified atom stereocenters. The normalized spacial score (nSPS) is 11.1. The molecule has 0 spiro atoms. The van der Waals surface area contributed by atoms with Crippen LogP contribution in [-0.2, 0) is 5.75 Å². The summed E-state index contributed by atoms with van der Waals surface area (Å²) in [6.45, 7) is 4.02. The number of aryl methyl sites for hydroxylation is 2. The lowest BCUT2D eigenvalue weighted by Crippen LogP contribution is -2.00. The Bertz CT molecular complexity index is 1220. The van der Waals surface area contributed by atoms with Gasteiger partial charge < -0.3 is 9.73 Å². The Morgan fingerprint density at radius 1 is 1.14 bits per heavy atom. The molecule has 0 saturated heterocycles. The Morgan fingerprint density at radius 3 is 2.75 bits per heavy atom. The van der Waals surface area contributed by atoms with Crippen molar-refractivity contribution in [3.8, 4) is 0 Å². The summed E-state index contributed by atoms with van der Waals surface area (Å²) in [6.07, 6.45) is 0. The topological polar surface area (TPSA) is 68.0 Å². The predicted molar refractivity (Wildman–Crippen MR) is 111 cm³/mol. The first kappa shape index (κ1) is 18.6. The monoisotopic (exact) mass is 413 g/mol. The molecule has 4 rings (SSSR count). The zero-order valence-electron chi connectivity index (χ0n) is 15.2. The number of fused-ring (bicyclic) bond motifs is 1. The fourth-order valence-corrected chi connectivity index (χ4v) is 4.49. The number of nitrogens with zero attached hydrogens (tertiary/aromatic N) is 2. The lowest BCUT2D eigenvalue weighted by Gasteiger charge is -2.07. The molecule has 0 aliphatic carbocycles. The van der Waals surface area contributed by atoms with E-state index in [1.807, 2.05) is 26.0 Å². The van der Waals surface area contributed by atoms with Crippen LogP contribution < -0.4 is 10.9 Å². The van der Waals surface area contributed by atoms with Gasteiger partial charge >= 0.3 is 5.63 Å². The number of hydrogen-bond donors (Lipinski definition) is 1. The highest BCUT2D eigenvalue weighted by molar-refractivity contribution is 8.00. The standard InChI is InChI=1S/C20H16FN3O2S2/c1-11-7-14-13(9-18(25)26-17(14)8-12(11)2)10-27-20-24-23-19(28-20)22-16-6-4-3-5-15(16)21/h3-9H,10H2,1-2H3,(H,22,23). The van der Waals surface area contributed by atoms with Crippen LogP contribution in [0, 0.1) is 19.7 Å². The molecule has 0 fully saturated rings. The first-order valence-electron chi connectivity index (χ1n) is 8.51. The van der Waals surface area contributed by atoms with Gasteiger partial charge in [-0.15, -0.1) is 10.2 Å². The van der Waals surface area contributed by atoms with E-state index in [2.05, 4.69) is 15.5 Å². The number of hydrogen-bond acceptors (Lipinski definition) is 7. The molecule has 0 bridgehead atoms. The lowest BCUT2D eigenvalue weighted by atomic mass is 10.0. The fourth-order valence-electron chi connectivity index (χ4n) is 2.74. The van der Waals surface area contributed by atoms with E-state index in [1.165, 1.54) is 35.2 Å². The van der Waals surface area contributed by atoms with Crippen molar-refractivity contribution in [1.82, 2.24) is 10.2 Å². The molecule has 2 aromatic heterocycles. The maximum atomic E-state index is 13.7. The van der Waals surface area contributed by atoms with Gasteiger partial charge in [0.2, 0.25) is 5.13 Å². The molecule has 28 heavy (non-hydrogen) atoms. The van der Waals surface area contributed by atoms with Gasteiger partial charge in [-0.05, 0) is 54.8 Å². The van der Waals surface area contributed by atoms with Gasteiger partial charge in [0.1, 0.15) is 11.4 Å². The van der Waals surface area contributed by atoms with Gasteiger partial charge in [0.15, 0.2) is 4.34 Å². The van der Waals surface area contributed by atoms with Gasteiger partial charge in [-0.1, -0.05) is 35.2 Å². The van der Waals surface area contributed by atoms with E-state index in [4.69, 9.17) is 4.42 Å². The van der Waals surface area contributed by atoms with Gasteiger partial charge in [0.05, 0.1) is 5.69 Å². The molecule has 0 amide bonds. The minimum atomic E-state index is -0.370. The average Bonchev–Trinajstić information content (AvgIpc) is 3.10. The number of rotatable bonds is 5. The number of aromatic nitrogens is 2. The van der Waals surface area contributed by atoms with Crippen molar-refractivity contribution >= 4 is 44.9 Å². The van der Waals surface area contributed by atoms with Crippen molar-refractivity contribution in [3.05, 3.63) is 75.4 Å². The van der Waals surface area contributed by atoms with Crippen LogP contribution >= 0.6 is 23.1 Å². The predicted octanol–water partition coefficient (Wildman–Crippen LogP) is 5.44. The molecule has 0 atom stereocenters. The summed E-state index contributed by atoms with van der Waals surface area (Å²) in [7, 11) is 0. The first-order chi connectivity index (χ1) is 13.5. The summed E-state index contributed by atoms with van der Waals surface area (Å²) in [6, 6.07) is 11.8. The zero-order chi connectivity index (χ0) is 19.7. The third kappa shape index (κ3) is 3.93. The molecule has 2 aromatic carbocycles. The van der Waals surface area contributed by atoms with Crippen molar-refractivity contribution in [2.45, 2.75) is 23.9 Å². The highest BCUT2D eigenvalue weighted by atomic mass is 32.2. The van der Waals surface area contributed by atoms with Gasteiger partial charge in [-0.3, -0.25) is 0 Å². The molecule has 142 valence electrons. The third-order valence-electron chi connectivity index (χ3n) is 4.32. The maximum absolute atomic E-state index is 13.7. The van der Waals surface area contributed by atoms with Crippen LogP contribution in [0.15, 0.2) is 56.0 Å². The second-order valence-electron chi connectivity index (χ2n) is 6.29. The molecule has 0 aliphatic rings. The minimum Gasteiger partial charge on any atom is -0.423 e. The van der Waals surface area contributed by atoms with Crippen LogP contribution in [0.3, 0.4) is 0 Å². The molecular weight excluding hydrogens is 397 g/mol. The summed E-state index contributed by atoms with van der Waals surface area (Å²) in [5.41, 5.74) is 3.68. The number of para-hydroxylation sites is 1. The SMILES string of the molecule is Cc1cc2oc(=O)cc(CSc3nnc(Nc4ccccc4F)s3)c2cc1C. The summed E-state index contributed by atoms with van der Waals surface area (Å²) in [5.74, 6) is 0.207. The highest BCUT2D eigenvalue weighted by Gasteiger charge is 2.11. The van der Waals surface area contributed by atoms with Crippen LogP contribution in [0.4, 0.5) is 15.2 Å². The maximum Gasteiger partial charge on any atom is 0.336 e. The van der Waals surface area contributed by atoms with E-state index in [1.54, 1.807) is 18.2 Å². The Hall–Kier alpha value is -2.71. The van der Waals surface area contributed by atoms with E-state index in [0.29, 0.717) is 22.2 Å². The van der Waals surface area contributed by atoms with Crippen LogP contribution in [-0.4, -0.2) is 10.2 Å². The van der Waals surface area contributed by atoms with Crippen LogP contribution in [0.5, 0.6) is 0 Å². The van der Waals surface area contributed by atoms with E-state index in [0.717, 1.165) is 26.4 Å². The van der Waals surface area contributed by atoms with Gasteiger partial charge in [0, 0.05) is 17.2 Å². The van der Waals surface area contributed by atoms with Crippen molar-refractivity contribution in [1.29, 1.82) is 0 Å². The average molecular weight is 413 g/mol. The molecule has 0 radical (unpaired) electrons. The second kappa shape index (κ2) is 7.73. The first-order valence-corrected chi connectivity index (χ1v) is 10.3. The molecule has 0 aliphatic heterocycles. The van der Waals surface area contributed by atoms with Crippen LogP contribution in [0.1, 0.15) is 16.7 Å². The molecular formula is C20H16FN3O2S2. The molecule has 8 heteroatoms. The number of benzene rings is 2. The largest absolute Gasteiger partial charge is 0.423 e. The summed E-state index contributed by atoms with van der Waals surface area (Å²) >= 11 is 2.81. The fraction of sp³-hybridized carbons (Fsp3) is 0.150. The van der Waals surface area contributed by atoms with Crippen molar-refractivity contribution in [3.63, 3.8) is 0 Å². The van der Waals surface area contributed by atoms with E-state index < -0.39 is 0 Å². The molecule has 2 heterocycles. The van der Waals surface area contributed by atoms with Gasteiger partial charge in [0.25, 0.3) is 0 Å². The lowest BCUT2D eigenvalue weighted by molar-refractivity contribution is 0.559. The zero-order valence-corrected chi connectivity index (χ0v) is 16.8. The van der Waals surface area contributed by atoms with Gasteiger partial charge in [-0.25, -0.2) is 9.18 Å². The highest BCUT2D eigenvalue weighted by Crippen LogP contribution is 2.32. The van der Waals surface area contributed by atoms with E-state index >= 15 is 0 Å². The van der Waals surface area contributed by atoms with Crippen LogP contribution in [0.2, 0.25) is 0 Å². The van der Waals surface area contributed by atoms with Crippen molar-refractivity contribution < 1.29 is 8.81 Å². The molecule has 0 saturated carbocycles. The minimum absolute atomic E-state index is 0.347. The third-order valence-corrected chi connectivity index (χ3v) is 6.34. The van der Waals surface area contributed by atoms with E-state index in [9.17, 15) is 9.18 Å². The molecule has 1 N–H and O–H groups in total. The summed E-state index contributed by atoms with van der Waals surface area (Å²) < 4.78 is 19.8. The second-order valence-corrected chi connectivity index (χ2v) is 8.49. The van der Waals surface area contributed by atoms with Crippen molar-refractivity contribution in [2.75, 3.05) is 5.32 Å². The van der Waals surface area contributed by atoms with Crippen LogP contribution in [0.25, 0.3) is 11.0 Å². The Labute approximate surface area is 168 Å². The molecule has 5 nitrogen and oxygen atoms in total. The number of thioether (sulfide) groups is 1. The Balaban J connectivity index is 1.54. The number of nitrogens with one attached hydrogen (secondary N) is 1. The quantitative estimate of drug-likeness (QED) is 0.347. The summed E-state index contributed by atoms with van der Waals surface area (Å²) in [4.78, 5) is 11.9. The van der Waals surface area contributed by atoms with Crippen molar-refractivity contribution in [2.24, 2.45) is 0 Å². The van der Waals surface area contributed by atoms with Gasteiger partial charge in [-0.2, -0.15) is 0 Å². The van der Waals surface area contributed by atoms with E-state index in [-0.39, 0.29) is 11.4 Å². The summed E-state index contributed by atoms with van der Waals surface area (Å²) in [5, 5.41) is 12.6. The number of anilines is 2. The smallest absolute Gasteiger partial charge is 0.336 e.